The minimum Gasteiger partial charge on any atom is -0.383 e. The van der Waals surface area contributed by atoms with Gasteiger partial charge in [-0.3, -0.25) is 0 Å². The largest absolute Gasteiger partial charge is 0.383 e. The van der Waals surface area contributed by atoms with Gasteiger partial charge in [-0.15, -0.1) is 0 Å². The third-order valence-electron chi connectivity index (χ3n) is 1.56. The van der Waals surface area contributed by atoms with Crippen molar-refractivity contribution in [3.8, 4) is 0 Å². The van der Waals surface area contributed by atoms with Gasteiger partial charge >= 0.3 is 0 Å². The molecule has 1 heterocycles. The molecule has 1 N–H and O–H groups in total. The molecule has 1 rings (SSSR count). The first kappa shape index (κ1) is 9.22. The summed E-state index contributed by atoms with van der Waals surface area (Å²) < 4.78 is 9.58. The third-order valence-corrected chi connectivity index (χ3v) is 1.56. The normalized spacial score (nSPS) is 10.4. The van der Waals surface area contributed by atoms with Crippen molar-refractivity contribution >= 4 is 0 Å². The van der Waals surface area contributed by atoms with Crippen LogP contribution in [-0.2, 0) is 11.2 Å². The SMILES string of the molecule is COCCNCCc1cnoc1. The van der Waals surface area contributed by atoms with Gasteiger partial charge < -0.3 is 14.6 Å². The summed E-state index contributed by atoms with van der Waals surface area (Å²) in [5, 5.41) is 6.84. The summed E-state index contributed by atoms with van der Waals surface area (Å²) in [4.78, 5) is 0. The molecule has 1 aromatic heterocycles. The maximum atomic E-state index is 4.89. The number of aromatic nitrogens is 1. The van der Waals surface area contributed by atoms with Crippen LogP contribution >= 0.6 is 0 Å². The van der Waals surface area contributed by atoms with E-state index in [1.165, 1.54) is 0 Å². The van der Waals surface area contributed by atoms with Gasteiger partial charge in [-0.1, -0.05) is 5.16 Å². The fraction of sp³-hybridized carbons (Fsp3) is 0.625. The maximum absolute atomic E-state index is 4.89. The number of ether oxygens (including phenoxy) is 1. The van der Waals surface area contributed by atoms with Gasteiger partial charge in [0.25, 0.3) is 0 Å². The second kappa shape index (κ2) is 5.74. The fourth-order valence-corrected chi connectivity index (χ4v) is 0.882. The molecule has 0 aliphatic rings. The van der Waals surface area contributed by atoms with E-state index in [0.717, 1.165) is 31.7 Å². The molecule has 0 amide bonds. The van der Waals surface area contributed by atoms with E-state index in [1.54, 1.807) is 19.6 Å². The lowest BCUT2D eigenvalue weighted by Gasteiger charge is -2.00. The van der Waals surface area contributed by atoms with E-state index in [1.807, 2.05) is 0 Å². The summed E-state index contributed by atoms with van der Waals surface area (Å²) in [7, 11) is 1.70. The van der Waals surface area contributed by atoms with E-state index in [4.69, 9.17) is 9.26 Å². The molecule has 68 valence electrons. The van der Waals surface area contributed by atoms with E-state index in [0.29, 0.717) is 0 Å². The van der Waals surface area contributed by atoms with E-state index in [2.05, 4.69) is 10.5 Å². The Morgan fingerprint density at radius 2 is 2.50 bits per heavy atom. The zero-order valence-corrected chi connectivity index (χ0v) is 7.25. The molecule has 0 saturated carbocycles. The van der Waals surface area contributed by atoms with Crippen molar-refractivity contribution in [3.63, 3.8) is 0 Å². The smallest absolute Gasteiger partial charge is 0.127 e. The zero-order valence-electron chi connectivity index (χ0n) is 7.25. The fourth-order valence-electron chi connectivity index (χ4n) is 0.882. The highest BCUT2D eigenvalue weighted by atomic mass is 16.5. The first-order valence-corrected chi connectivity index (χ1v) is 4.01. The van der Waals surface area contributed by atoms with Crippen molar-refractivity contribution in [2.45, 2.75) is 6.42 Å². The number of methoxy groups -OCH3 is 1. The molecule has 1 aromatic rings. The van der Waals surface area contributed by atoms with Crippen LogP contribution in [-0.4, -0.2) is 32.0 Å². The average Bonchev–Trinajstić information content (AvgIpc) is 2.57. The van der Waals surface area contributed by atoms with Crippen molar-refractivity contribution in [1.82, 2.24) is 10.5 Å². The molecule has 4 nitrogen and oxygen atoms in total. The van der Waals surface area contributed by atoms with Crippen LogP contribution in [0.25, 0.3) is 0 Å². The van der Waals surface area contributed by atoms with Gasteiger partial charge in [0.1, 0.15) is 6.26 Å². The van der Waals surface area contributed by atoms with Gasteiger partial charge in [0.2, 0.25) is 0 Å². The van der Waals surface area contributed by atoms with Crippen LogP contribution in [0.15, 0.2) is 17.0 Å². The summed E-state index contributed by atoms with van der Waals surface area (Å²) >= 11 is 0. The summed E-state index contributed by atoms with van der Waals surface area (Å²) in [5.41, 5.74) is 1.12. The van der Waals surface area contributed by atoms with Gasteiger partial charge in [0.05, 0.1) is 12.8 Å². The minimum atomic E-state index is 0.754. The third kappa shape index (κ3) is 3.50. The van der Waals surface area contributed by atoms with Gasteiger partial charge in [-0.2, -0.15) is 0 Å². The molecule has 12 heavy (non-hydrogen) atoms. The highest BCUT2D eigenvalue weighted by Crippen LogP contribution is 1.95. The van der Waals surface area contributed by atoms with Gasteiger partial charge in [0.15, 0.2) is 0 Å². The van der Waals surface area contributed by atoms with Crippen LogP contribution in [0.2, 0.25) is 0 Å². The average molecular weight is 170 g/mol. The van der Waals surface area contributed by atoms with Crippen LogP contribution in [0, 0.1) is 0 Å². The highest BCUT2D eigenvalue weighted by Gasteiger charge is 1.93. The summed E-state index contributed by atoms with van der Waals surface area (Å²) in [6.45, 7) is 2.58. The number of hydrogen-bond donors (Lipinski definition) is 1. The number of hydrogen-bond acceptors (Lipinski definition) is 4. The van der Waals surface area contributed by atoms with Gasteiger partial charge in [-0.25, -0.2) is 0 Å². The molecule has 0 spiro atoms. The van der Waals surface area contributed by atoms with Crippen molar-refractivity contribution in [1.29, 1.82) is 0 Å². The standard InChI is InChI=1S/C8H14N2O2/c1-11-5-4-9-3-2-8-6-10-12-7-8/h6-7,9H,2-5H2,1H3. The summed E-state index contributed by atoms with van der Waals surface area (Å²) in [6, 6.07) is 0. The minimum absolute atomic E-state index is 0.754. The van der Waals surface area contributed by atoms with Crippen molar-refractivity contribution < 1.29 is 9.26 Å². The van der Waals surface area contributed by atoms with E-state index < -0.39 is 0 Å². The van der Waals surface area contributed by atoms with Crippen molar-refractivity contribution in [2.75, 3.05) is 26.8 Å². The maximum Gasteiger partial charge on any atom is 0.127 e. The lowest BCUT2D eigenvalue weighted by Crippen LogP contribution is -2.21. The first-order valence-electron chi connectivity index (χ1n) is 4.01. The lowest BCUT2D eigenvalue weighted by molar-refractivity contribution is 0.199. The van der Waals surface area contributed by atoms with E-state index >= 15 is 0 Å². The van der Waals surface area contributed by atoms with Gasteiger partial charge in [0, 0.05) is 19.2 Å². The van der Waals surface area contributed by atoms with Crippen LogP contribution in [0.4, 0.5) is 0 Å². The second-order valence-electron chi connectivity index (χ2n) is 2.53. The summed E-state index contributed by atoms with van der Waals surface area (Å²) in [6.07, 6.45) is 4.35. The van der Waals surface area contributed by atoms with Crippen LogP contribution in [0.1, 0.15) is 5.56 Å². The lowest BCUT2D eigenvalue weighted by atomic mass is 10.2. The predicted molar refractivity (Wildman–Crippen MR) is 45.0 cm³/mol. The quantitative estimate of drug-likeness (QED) is 0.630. The molecule has 4 heteroatoms. The first-order chi connectivity index (χ1) is 5.93. The number of nitrogens with one attached hydrogen (secondary N) is 1. The van der Waals surface area contributed by atoms with Crippen molar-refractivity contribution in [3.05, 3.63) is 18.0 Å². The van der Waals surface area contributed by atoms with Crippen LogP contribution < -0.4 is 5.32 Å². The van der Waals surface area contributed by atoms with Crippen LogP contribution in [0.5, 0.6) is 0 Å². The monoisotopic (exact) mass is 170 g/mol. The van der Waals surface area contributed by atoms with Crippen LogP contribution in [0.3, 0.4) is 0 Å². The molecular weight excluding hydrogens is 156 g/mol. The molecular formula is C8H14N2O2. The Balaban J connectivity index is 1.96. The molecule has 0 radical (unpaired) electrons. The Labute approximate surface area is 71.9 Å². The Kier molecular flexibility index (Phi) is 4.41. The Morgan fingerprint density at radius 1 is 1.58 bits per heavy atom. The molecule has 0 aliphatic carbocycles. The van der Waals surface area contributed by atoms with Gasteiger partial charge in [-0.05, 0) is 13.0 Å². The van der Waals surface area contributed by atoms with E-state index in [-0.39, 0.29) is 0 Å². The molecule has 0 aromatic carbocycles. The highest BCUT2D eigenvalue weighted by molar-refractivity contribution is 5.00. The topological polar surface area (TPSA) is 47.3 Å². The molecule has 0 fully saturated rings. The summed E-state index contributed by atoms with van der Waals surface area (Å²) in [5.74, 6) is 0. The Bertz CT molecular complexity index is 187. The Morgan fingerprint density at radius 3 is 3.17 bits per heavy atom. The molecule has 0 aliphatic heterocycles. The second-order valence-corrected chi connectivity index (χ2v) is 2.53. The molecule has 0 atom stereocenters. The molecule has 0 bridgehead atoms. The number of rotatable bonds is 6. The number of nitrogens with zero attached hydrogens (tertiary/aromatic N) is 1. The molecule has 0 saturated heterocycles. The predicted octanol–water partition coefficient (Wildman–Crippen LogP) is 0.453. The zero-order chi connectivity index (χ0) is 8.65. The van der Waals surface area contributed by atoms with E-state index in [9.17, 15) is 0 Å². The Hall–Kier alpha value is -0.870. The van der Waals surface area contributed by atoms with Crippen molar-refractivity contribution in [2.24, 2.45) is 0 Å². The molecule has 0 unspecified atom stereocenters.